The summed E-state index contributed by atoms with van der Waals surface area (Å²) in [5, 5.41) is 2.51. The van der Waals surface area contributed by atoms with E-state index in [9.17, 15) is 12.8 Å². The number of sulfone groups is 1. The third-order valence-corrected chi connectivity index (χ3v) is 6.13. The molecule has 25 heavy (non-hydrogen) atoms. The first-order chi connectivity index (χ1) is 11.8. The summed E-state index contributed by atoms with van der Waals surface area (Å²) in [6, 6.07) is 3.88. The highest BCUT2D eigenvalue weighted by molar-refractivity contribution is 7.92. The Kier molecular flexibility index (Phi) is 4.64. The second-order valence-corrected chi connectivity index (χ2v) is 8.56. The van der Waals surface area contributed by atoms with E-state index in [1.165, 1.54) is 18.5 Å². The predicted molar refractivity (Wildman–Crippen MR) is 92.4 cm³/mol. The van der Waals surface area contributed by atoms with Gasteiger partial charge in [0.2, 0.25) is 5.88 Å². The first-order valence-electron chi connectivity index (χ1n) is 8.07. The molecule has 1 N–H and O–H groups in total. The minimum absolute atomic E-state index is 0.0151. The summed E-state index contributed by atoms with van der Waals surface area (Å²) in [4.78, 5) is 8.19. The quantitative estimate of drug-likeness (QED) is 0.845. The van der Waals surface area contributed by atoms with Gasteiger partial charge in [-0.1, -0.05) is 0 Å². The van der Waals surface area contributed by atoms with Gasteiger partial charge < -0.3 is 10.1 Å². The van der Waals surface area contributed by atoms with Crippen LogP contribution in [0.2, 0.25) is 0 Å². The molecule has 0 unspecified atom stereocenters. The minimum atomic E-state index is -3.42. The Morgan fingerprint density at radius 2 is 2.00 bits per heavy atom. The van der Waals surface area contributed by atoms with Crippen molar-refractivity contribution in [2.75, 3.05) is 5.32 Å². The van der Waals surface area contributed by atoms with Gasteiger partial charge in [-0.25, -0.2) is 22.8 Å². The van der Waals surface area contributed by atoms with Crippen LogP contribution in [0.3, 0.4) is 0 Å². The second kappa shape index (κ2) is 6.59. The largest absolute Gasteiger partial charge is 0.475 e. The maximum absolute atomic E-state index is 14.4. The zero-order chi connectivity index (χ0) is 18.2. The van der Waals surface area contributed by atoms with Crippen molar-refractivity contribution in [3.63, 3.8) is 0 Å². The van der Waals surface area contributed by atoms with Crippen molar-refractivity contribution >= 4 is 21.3 Å². The first-order valence-corrected chi connectivity index (χ1v) is 9.62. The molecule has 3 rings (SSSR count). The van der Waals surface area contributed by atoms with E-state index in [2.05, 4.69) is 15.3 Å². The van der Waals surface area contributed by atoms with Gasteiger partial charge in [0.05, 0.1) is 27.5 Å². The first kappa shape index (κ1) is 17.6. The van der Waals surface area contributed by atoms with Crippen LogP contribution in [-0.4, -0.2) is 29.7 Å². The summed E-state index contributed by atoms with van der Waals surface area (Å²) in [5.41, 5.74) is 0.789. The molecule has 1 aromatic carbocycles. The molecule has 0 atom stereocenters. The summed E-state index contributed by atoms with van der Waals surface area (Å²) in [6.07, 6.45) is 2.56. The molecule has 0 spiro atoms. The molecular formula is C17H20FN3O3S. The highest BCUT2D eigenvalue weighted by atomic mass is 32.2. The predicted octanol–water partition coefficient (Wildman–Crippen LogP) is 3.39. The maximum Gasteiger partial charge on any atom is 0.221 e. The van der Waals surface area contributed by atoms with Crippen LogP contribution in [0, 0.1) is 12.7 Å². The number of hydrogen-bond donors (Lipinski definition) is 1. The van der Waals surface area contributed by atoms with Crippen LogP contribution in [0.4, 0.5) is 15.9 Å². The number of nitrogens with one attached hydrogen (secondary N) is 1. The average Bonchev–Trinajstić information content (AvgIpc) is 3.37. The van der Waals surface area contributed by atoms with E-state index in [1.807, 2.05) is 13.8 Å². The molecule has 6 nitrogen and oxygen atoms in total. The van der Waals surface area contributed by atoms with Gasteiger partial charge >= 0.3 is 0 Å². The van der Waals surface area contributed by atoms with E-state index in [0.717, 1.165) is 6.07 Å². The van der Waals surface area contributed by atoms with Gasteiger partial charge in [0.15, 0.2) is 9.84 Å². The van der Waals surface area contributed by atoms with Gasteiger partial charge in [0, 0.05) is 0 Å². The van der Waals surface area contributed by atoms with Crippen molar-refractivity contribution in [3.05, 3.63) is 35.9 Å². The lowest BCUT2D eigenvalue weighted by Gasteiger charge is -2.14. The lowest BCUT2D eigenvalue weighted by atomic mass is 10.2. The Balaban J connectivity index is 1.86. The molecule has 1 aromatic heterocycles. The van der Waals surface area contributed by atoms with Gasteiger partial charge in [-0.3, -0.25) is 0 Å². The number of nitrogens with zero attached hydrogens (tertiary/aromatic N) is 2. The molecule has 1 fully saturated rings. The maximum atomic E-state index is 14.4. The van der Waals surface area contributed by atoms with E-state index in [-0.39, 0.29) is 21.9 Å². The van der Waals surface area contributed by atoms with Gasteiger partial charge in [-0.05, 0) is 51.8 Å². The van der Waals surface area contributed by atoms with E-state index in [1.54, 1.807) is 6.92 Å². The molecule has 0 saturated heterocycles. The minimum Gasteiger partial charge on any atom is -0.475 e. The number of rotatable bonds is 6. The van der Waals surface area contributed by atoms with E-state index < -0.39 is 15.7 Å². The third kappa shape index (κ3) is 3.73. The zero-order valence-corrected chi connectivity index (χ0v) is 15.1. The van der Waals surface area contributed by atoms with Crippen molar-refractivity contribution in [2.45, 2.75) is 49.9 Å². The van der Waals surface area contributed by atoms with Crippen molar-refractivity contribution in [2.24, 2.45) is 0 Å². The normalized spacial score (nSPS) is 14.6. The summed E-state index contributed by atoms with van der Waals surface area (Å²) in [7, 11) is -3.42. The molecule has 1 heterocycles. The summed E-state index contributed by atoms with van der Waals surface area (Å²) in [5.74, 6) is 0.175. The van der Waals surface area contributed by atoms with Crippen molar-refractivity contribution in [1.82, 2.24) is 9.97 Å². The smallest absolute Gasteiger partial charge is 0.221 e. The Hall–Kier alpha value is -2.22. The molecule has 0 bridgehead atoms. The van der Waals surface area contributed by atoms with Crippen molar-refractivity contribution < 1.29 is 17.5 Å². The summed E-state index contributed by atoms with van der Waals surface area (Å²) < 4.78 is 44.4. The van der Waals surface area contributed by atoms with Crippen LogP contribution in [-0.2, 0) is 9.84 Å². The lowest BCUT2D eigenvalue weighted by molar-refractivity contribution is 0.230. The van der Waals surface area contributed by atoms with Gasteiger partial charge in [-0.15, -0.1) is 0 Å². The van der Waals surface area contributed by atoms with E-state index >= 15 is 0 Å². The fourth-order valence-corrected chi connectivity index (χ4v) is 4.04. The molecule has 8 heteroatoms. The topological polar surface area (TPSA) is 81.2 Å². The molecule has 1 aliphatic carbocycles. The van der Waals surface area contributed by atoms with Gasteiger partial charge in [0.1, 0.15) is 18.0 Å². The molecular weight excluding hydrogens is 345 g/mol. The van der Waals surface area contributed by atoms with Crippen LogP contribution >= 0.6 is 0 Å². The summed E-state index contributed by atoms with van der Waals surface area (Å²) >= 11 is 0. The summed E-state index contributed by atoms with van der Waals surface area (Å²) in [6.45, 7) is 5.53. The zero-order valence-electron chi connectivity index (χ0n) is 14.3. The number of aromatic nitrogens is 2. The van der Waals surface area contributed by atoms with Crippen LogP contribution in [0.25, 0.3) is 0 Å². The third-order valence-electron chi connectivity index (χ3n) is 3.87. The van der Waals surface area contributed by atoms with Crippen LogP contribution in [0.15, 0.2) is 29.4 Å². The number of ether oxygens (including phenoxy) is 1. The highest BCUT2D eigenvalue weighted by Crippen LogP contribution is 2.35. The average molecular weight is 365 g/mol. The lowest BCUT2D eigenvalue weighted by Crippen LogP contribution is -2.10. The molecule has 0 radical (unpaired) electrons. The van der Waals surface area contributed by atoms with Gasteiger partial charge in [0.25, 0.3) is 0 Å². The Morgan fingerprint density at radius 3 is 2.60 bits per heavy atom. The number of halogens is 1. The number of hydrogen-bond acceptors (Lipinski definition) is 6. The number of benzene rings is 1. The van der Waals surface area contributed by atoms with Crippen LogP contribution in [0.5, 0.6) is 5.88 Å². The second-order valence-electron chi connectivity index (χ2n) is 6.33. The Labute approximate surface area is 146 Å². The van der Waals surface area contributed by atoms with Crippen LogP contribution < -0.4 is 10.1 Å². The molecule has 1 aliphatic rings. The molecule has 0 amide bonds. The monoisotopic (exact) mass is 365 g/mol. The van der Waals surface area contributed by atoms with Crippen molar-refractivity contribution in [3.8, 4) is 5.88 Å². The number of anilines is 2. The fraction of sp³-hybridized carbons (Fsp3) is 0.412. The van der Waals surface area contributed by atoms with Gasteiger partial charge in [-0.2, -0.15) is 0 Å². The SMILES string of the molecule is Cc1c(Nc2ccc(S(=O)(=O)C3CC3)cc2F)ncnc1OC(C)C. The standard InChI is InChI=1S/C17H20FN3O3S/c1-10(2)24-17-11(3)16(19-9-20-17)21-15-7-6-13(8-14(15)18)25(22,23)12-4-5-12/h6-10,12H,4-5H2,1-3H3,(H,19,20,21). The molecule has 2 aromatic rings. The van der Waals surface area contributed by atoms with E-state index in [0.29, 0.717) is 30.1 Å². The molecule has 1 saturated carbocycles. The molecule has 134 valence electrons. The molecule has 0 aliphatic heterocycles. The van der Waals surface area contributed by atoms with Crippen LogP contribution in [0.1, 0.15) is 32.3 Å². The Morgan fingerprint density at radius 1 is 1.28 bits per heavy atom. The fourth-order valence-electron chi connectivity index (χ4n) is 2.37. The highest BCUT2D eigenvalue weighted by Gasteiger charge is 2.37. The van der Waals surface area contributed by atoms with Crippen molar-refractivity contribution in [1.29, 1.82) is 0 Å². The Bertz CT molecular complexity index is 896. The van der Waals surface area contributed by atoms with E-state index in [4.69, 9.17) is 4.74 Å².